The number of aromatic nitrogens is 1. The second-order valence-corrected chi connectivity index (χ2v) is 8.65. The quantitative estimate of drug-likeness (QED) is 0.721. The van der Waals surface area contributed by atoms with Crippen molar-refractivity contribution in [2.45, 2.75) is 26.3 Å². The van der Waals surface area contributed by atoms with Crippen LogP contribution in [-0.4, -0.2) is 35.4 Å². The van der Waals surface area contributed by atoms with E-state index in [0.717, 1.165) is 47.5 Å². The SMILES string of the molecule is Cc1ncc(CN2CCC[C@@H](CNC(=O)c3cccc4ccccc34)C2)s1. The van der Waals surface area contributed by atoms with E-state index < -0.39 is 0 Å². The third-order valence-electron chi connectivity index (χ3n) is 5.24. The lowest BCUT2D eigenvalue weighted by atomic mass is 9.97. The molecule has 1 aromatic heterocycles. The fourth-order valence-electron chi connectivity index (χ4n) is 3.92. The molecule has 3 aromatic rings. The molecule has 4 nitrogen and oxygen atoms in total. The fourth-order valence-corrected chi connectivity index (χ4v) is 4.75. The molecular weight excluding hydrogens is 354 g/mol. The van der Waals surface area contributed by atoms with E-state index in [1.165, 1.54) is 17.7 Å². The first kappa shape index (κ1) is 18.1. The van der Waals surface area contributed by atoms with Crippen molar-refractivity contribution in [3.8, 4) is 0 Å². The Hall–Kier alpha value is -2.24. The first-order chi connectivity index (χ1) is 13.2. The molecule has 1 N–H and O–H groups in total. The molecule has 1 aliphatic rings. The third-order valence-corrected chi connectivity index (χ3v) is 6.13. The largest absolute Gasteiger partial charge is 0.352 e. The smallest absolute Gasteiger partial charge is 0.251 e. The van der Waals surface area contributed by atoms with Gasteiger partial charge in [0.15, 0.2) is 0 Å². The Morgan fingerprint density at radius 3 is 2.96 bits per heavy atom. The maximum Gasteiger partial charge on any atom is 0.251 e. The van der Waals surface area contributed by atoms with E-state index in [-0.39, 0.29) is 5.91 Å². The minimum Gasteiger partial charge on any atom is -0.352 e. The van der Waals surface area contributed by atoms with Crippen LogP contribution >= 0.6 is 11.3 Å². The van der Waals surface area contributed by atoms with E-state index in [0.29, 0.717) is 5.92 Å². The van der Waals surface area contributed by atoms with E-state index in [2.05, 4.69) is 22.1 Å². The van der Waals surface area contributed by atoms with Gasteiger partial charge >= 0.3 is 0 Å². The lowest BCUT2D eigenvalue weighted by Gasteiger charge is -2.32. The van der Waals surface area contributed by atoms with Crippen LogP contribution in [0.25, 0.3) is 10.8 Å². The van der Waals surface area contributed by atoms with E-state index >= 15 is 0 Å². The Bertz CT molecular complexity index is 931. The van der Waals surface area contributed by atoms with Crippen LogP contribution in [0.4, 0.5) is 0 Å². The van der Waals surface area contributed by atoms with Crippen LogP contribution in [0, 0.1) is 12.8 Å². The van der Waals surface area contributed by atoms with E-state index in [4.69, 9.17) is 0 Å². The molecule has 1 saturated heterocycles. The summed E-state index contributed by atoms with van der Waals surface area (Å²) in [6.45, 7) is 5.92. The Kier molecular flexibility index (Phi) is 5.50. The number of carbonyl (C=O) groups is 1. The highest BCUT2D eigenvalue weighted by Crippen LogP contribution is 2.22. The zero-order valence-corrected chi connectivity index (χ0v) is 16.5. The van der Waals surface area contributed by atoms with Gasteiger partial charge in [0.2, 0.25) is 0 Å². The minimum absolute atomic E-state index is 0.0296. The molecule has 27 heavy (non-hydrogen) atoms. The average Bonchev–Trinajstić information content (AvgIpc) is 3.10. The molecule has 0 bridgehead atoms. The number of benzene rings is 2. The summed E-state index contributed by atoms with van der Waals surface area (Å²) in [4.78, 5) is 20.9. The van der Waals surface area contributed by atoms with Crippen LogP contribution < -0.4 is 5.32 Å². The normalized spacial score (nSPS) is 17.9. The third kappa shape index (κ3) is 4.37. The van der Waals surface area contributed by atoms with Gasteiger partial charge in [-0.15, -0.1) is 11.3 Å². The predicted octanol–water partition coefficient (Wildman–Crippen LogP) is 4.25. The van der Waals surface area contributed by atoms with Crippen molar-refractivity contribution in [3.05, 3.63) is 64.1 Å². The van der Waals surface area contributed by atoms with Crippen LogP contribution in [0.1, 0.15) is 33.1 Å². The first-order valence-corrected chi connectivity index (χ1v) is 10.4. The van der Waals surface area contributed by atoms with Gasteiger partial charge in [-0.1, -0.05) is 36.4 Å². The topological polar surface area (TPSA) is 45.2 Å². The van der Waals surface area contributed by atoms with Gasteiger partial charge in [0.1, 0.15) is 0 Å². The van der Waals surface area contributed by atoms with Crippen molar-refractivity contribution < 1.29 is 4.79 Å². The summed E-state index contributed by atoms with van der Waals surface area (Å²) < 4.78 is 0. The Labute approximate surface area is 164 Å². The molecule has 1 aliphatic heterocycles. The number of nitrogens with zero attached hydrogens (tertiary/aromatic N) is 2. The molecule has 4 rings (SSSR count). The number of rotatable bonds is 5. The predicted molar refractivity (Wildman–Crippen MR) is 111 cm³/mol. The summed E-state index contributed by atoms with van der Waals surface area (Å²) in [5.74, 6) is 0.536. The van der Waals surface area contributed by atoms with Gasteiger partial charge in [0.05, 0.1) is 5.01 Å². The lowest BCUT2D eigenvalue weighted by molar-refractivity contribution is 0.0932. The van der Waals surface area contributed by atoms with Crippen molar-refractivity contribution in [1.29, 1.82) is 0 Å². The Morgan fingerprint density at radius 1 is 1.26 bits per heavy atom. The van der Waals surface area contributed by atoms with Crippen LogP contribution in [0.5, 0.6) is 0 Å². The molecule has 2 heterocycles. The molecule has 1 amide bonds. The standard InChI is InChI=1S/C22H25N3OS/c1-16-23-13-19(27-16)15-25-11-5-6-17(14-25)12-24-22(26)21-10-4-8-18-7-2-3-9-20(18)21/h2-4,7-10,13,17H,5-6,11-12,14-15H2,1H3,(H,24,26)/t17-/m0/s1. The monoisotopic (exact) mass is 379 g/mol. The Balaban J connectivity index is 1.35. The zero-order valence-electron chi connectivity index (χ0n) is 15.6. The van der Waals surface area contributed by atoms with Crippen molar-refractivity contribution in [2.75, 3.05) is 19.6 Å². The highest BCUT2D eigenvalue weighted by molar-refractivity contribution is 7.11. The van der Waals surface area contributed by atoms with Gasteiger partial charge in [-0.3, -0.25) is 9.69 Å². The molecule has 0 radical (unpaired) electrons. The summed E-state index contributed by atoms with van der Waals surface area (Å²) >= 11 is 1.78. The number of amides is 1. The van der Waals surface area contributed by atoms with E-state index in [1.54, 1.807) is 11.3 Å². The molecule has 0 spiro atoms. The number of likely N-dealkylation sites (tertiary alicyclic amines) is 1. The number of thiazole rings is 1. The van der Waals surface area contributed by atoms with Crippen LogP contribution in [0.15, 0.2) is 48.7 Å². The maximum atomic E-state index is 12.7. The number of fused-ring (bicyclic) bond motifs is 1. The number of nitrogens with one attached hydrogen (secondary N) is 1. The van der Waals surface area contributed by atoms with Crippen molar-refractivity contribution in [2.24, 2.45) is 5.92 Å². The van der Waals surface area contributed by atoms with Crippen molar-refractivity contribution >= 4 is 28.0 Å². The second-order valence-electron chi connectivity index (χ2n) is 7.33. The number of piperidine rings is 1. The van der Waals surface area contributed by atoms with Crippen LogP contribution in [0.3, 0.4) is 0 Å². The summed E-state index contributed by atoms with van der Waals surface area (Å²) in [7, 11) is 0. The highest BCUT2D eigenvalue weighted by atomic mass is 32.1. The molecule has 0 unspecified atom stereocenters. The number of aryl methyl sites for hydroxylation is 1. The molecule has 0 aliphatic carbocycles. The summed E-state index contributed by atoms with van der Waals surface area (Å²) in [5, 5.41) is 6.42. The van der Waals surface area contributed by atoms with Gasteiger partial charge in [-0.25, -0.2) is 4.98 Å². The molecule has 1 atom stereocenters. The number of hydrogen-bond acceptors (Lipinski definition) is 4. The summed E-state index contributed by atoms with van der Waals surface area (Å²) in [6, 6.07) is 14.0. The van der Waals surface area contributed by atoms with Crippen LogP contribution in [-0.2, 0) is 6.54 Å². The first-order valence-electron chi connectivity index (χ1n) is 9.58. The second kappa shape index (κ2) is 8.19. The lowest BCUT2D eigenvalue weighted by Crippen LogP contribution is -2.40. The molecule has 140 valence electrons. The summed E-state index contributed by atoms with van der Waals surface area (Å²) in [5.41, 5.74) is 0.765. The van der Waals surface area contributed by atoms with Crippen molar-refractivity contribution in [1.82, 2.24) is 15.2 Å². The van der Waals surface area contributed by atoms with Gasteiger partial charge in [-0.2, -0.15) is 0 Å². The van der Waals surface area contributed by atoms with Crippen molar-refractivity contribution in [3.63, 3.8) is 0 Å². The summed E-state index contributed by atoms with van der Waals surface area (Å²) in [6.07, 6.45) is 4.35. The minimum atomic E-state index is 0.0296. The average molecular weight is 380 g/mol. The maximum absolute atomic E-state index is 12.7. The van der Waals surface area contributed by atoms with Gasteiger partial charge in [0, 0.05) is 36.3 Å². The number of carbonyl (C=O) groups excluding carboxylic acids is 1. The van der Waals surface area contributed by atoms with E-state index in [1.807, 2.05) is 48.7 Å². The number of hydrogen-bond donors (Lipinski definition) is 1. The molecule has 1 fully saturated rings. The van der Waals surface area contributed by atoms with Gasteiger partial charge in [0.25, 0.3) is 5.91 Å². The Morgan fingerprint density at radius 2 is 2.11 bits per heavy atom. The fraction of sp³-hybridized carbons (Fsp3) is 0.364. The van der Waals surface area contributed by atoms with E-state index in [9.17, 15) is 4.79 Å². The zero-order chi connectivity index (χ0) is 18.6. The van der Waals surface area contributed by atoms with Crippen LogP contribution in [0.2, 0.25) is 0 Å². The molecule has 0 saturated carbocycles. The molecule has 5 heteroatoms. The van der Waals surface area contributed by atoms with Gasteiger partial charge < -0.3 is 5.32 Å². The highest BCUT2D eigenvalue weighted by Gasteiger charge is 2.21. The molecular formula is C22H25N3OS. The molecule has 2 aromatic carbocycles. The van der Waals surface area contributed by atoms with Gasteiger partial charge in [-0.05, 0) is 49.1 Å².